The number of hydrogen-bond acceptors (Lipinski definition) is 6. The molecule has 1 N–H and O–H groups in total. The first kappa shape index (κ1) is 23.8. The lowest BCUT2D eigenvalue weighted by atomic mass is 10.1. The number of carbonyl (C=O) groups is 3. The summed E-state index contributed by atoms with van der Waals surface area (Å²) < 4.78 is 16.8. The predicted octanol–water partition coefficient (Wildman–Crippen LogP) is 2.92. The summed E-state index contributed by atoms with van der Waals surface area (Å²) in [5.74, 6) is 0.212. The van der Waals surface area contributed by atoms with Crippen molar-refractivity contribution in [3.63, 3.8) is 0 Å². The van der Waals surface area contributed by atoms with E-state index in [9.17, 15) is 14.4 Å². The maximum atomic E-state index is 12.8. The molecule has 0 saturated carbocycles. The van der Waals surface area contributed by atoms with Crippen LogP contribution in [0, 0.1) is 0 Å². The summed E-state index contributed by atoms with van der Waals surface area (Å²) in [6.45, 7) is 4.52. The van der Waals surface area contributed by atoms with Crippen LogP contribution in [-0.2, 0) is 20.7 Å². The second kappa shape index (κ2) is 10.7. The first-order valence-corrected chi connectivity index (χ1v) is 11.7. The fraction of sp³-hybridized carbons (Fsp3) is 0.423. The quantitative estimate of drug-likeness (QED) is 0.571. The Balaban J connectivity index is 1.46. The van der Waals surface area contributed by atoms with Crippen LogP contribution in [0.5, 0.6) is 11.5 Å². The van der Waals surface area contributed by atoms with Gasteiger partial charge in [-0.2, -0.15) is 0 Å². The van der Waals surface area contributed by atoms with Crippen molar-refractivity contribution in [3.05, 3.63) is 53.6 Å². The lowest BCUT2D eigenvalue weighted by Gasteiger charge is -2.33. The molecular weight excluding hydrogens is 436 g/mol. The molecule has 0 radical (unpaired) electrons. The van der Waals surface area contributed by atoms with E-state index in [0.717, 1.165) is 24.8 Å². The van der Waals surface area contributed by atoms with Crippen LogP contribution in [0.3, 0.4) is 0 Å². The fourth-order valence-corrected chi connectivity index (χ4v) is 4.14. The zero-order chi connectivity index (χ0) is 24.1. The summed E-state index contributed by atoms with van der Waals surface area (Å²) in [6.07, 6.45) is 2.77. The number of anilines is 1. The van der Waals surface area contributed by atoms with Crippen molar-refractivity contribution in [2.45, 2.75) is 45.3 Å². The van der Waals surface area contributed by atoms with Crippen molar-refractivity contribution in [1.29, 1.82) is 0 Å². The fourth-order valence-electron chi connectivity index (χ4n) is 4.14. The van der Waals surface area contributed by atoms with Crippen LogP contribution in [0.4, 0.5) is 5.69 Å². The SMILES string of the molecule is CCc1cccc(OCC(=O)c2ccc3c(c2)N([C@H](C)C(=O)NC[C@@H]2CCCO2)C(=O)CO3)c1. The van der Waals surface area contributed by atoms with Gasteiger partial charge in [-0.15, -0.1) is 0 Å². The molecule has 34 heavy (non-hydrogen) atoms. The van der Waals surface area contributed by atoms with Gasteiger partial charge in [-0.05, 0) is 62.1 Å². The Morgan fingerprint density at radius 3 is 2.85 bits per heavy atom. The van der Waals surface area contributed by atoms with E-state index in [4.69, 9.17) is 14.2 Å². The molecule has 0 aromatic heterocycles. The van der Waals surface area contributed by atoms with Crippen LogP contribution in [0.25, 0.3) is 0 Å². The number of ketones is 1. The third-order valence-corrected chi connectivity index (χ3v) is 6.13. The molecule has 8 nitrogen and oxygen atoms in total. The molecule has 1 fully saturated rings. The molecule has 180 valence electrons. The first-order chi connectivity index (χ1) is 16.5. The molecule has 0 bridgehead atoms. The highest BCUT2D eigenvalue weighted by Crippen LogP contribution is 2.34. The van der Waals surface area contributed by atoms with E-state index in [2.05, 4.69) is 12.2 Å². The van der Waals surface area contributed by atoms with E-state index in [0.29, 0.717) is 35.9 Å². The average Bonchev–Trinajstić information content (AvgIpc) is 3.39. The zero-order valence-corrected chi connectivity index (χ0v) is 19.5. The van der Waals surface area contributed by atoms with Gasteiger partial charge in [-0.25, -0.2) is 0 Å². The number of hydrogen-bond donors (Lipinski definition) is 1. The summed E-state index contributed by atoms with van der Waals surface area (Å²) >= 11 is 0. The Morgan fingerprint density at radius 2 is 2.09 bits per heavy atom. The highest BCUT2D eigenvalue weighted by molar-refractivity contribution is 6.05. The minimum absolute atomic E-state index is 0.00562. The number of benzene rings is 2. The van der Waals surface area contributed by atoms with E-state index >= 15 is 0 Å². The molecule has 2 aliphatic heterocycles. The van der Waals surface area contributed by atoms with Gasteiger partial charge in [0.25, 0.3) is 5.91 Å². The Morgan fingerprint density at radius 1 is 1.24 bits per heavy atom. The second-order valence-electron chi connectivity index (χ2n) is 8.50. The van der Waals surface area contributed by atoms with Crippen molar-refractivity contribution in [2.24, 2.45) is 0 Å². The Hall–Kier alpha value is -3.39. The van der Waals surface area contributed by atoms with E-state index in [1.54, 1.807) is 25.1 Å². The number of ether oxygens (including phenoxy) is 3. The maximum absolute atomic E-state index is 12.8. The average molecular weight is 467 g/mol. The number of nitrogens with zero attached hydrogens (tertiary/aromatic N) is 1. The van der Waals surface area contributed by atoms with Crippen LogP contribution in [0.1, 0.15) is 42.6 Å². The molecule has 2 atom stereocenters. The minimum Gasteiger partial charge on any atom is -0.485 e. The van der Waals surface area contributed by atoms with Gasteiger partial charge < -0.3 is 19.5 Å². The smallest absolute Gasteiger partial charge is 0.265 e. The van der Waals surface area contributed by atoms with Crippen LogP contribution in [0.2, 0.25) is 0 Å². The first-order valence-electron chi connectivity index (χ1n) is 11.7. The van der Waals surface area contributed by atoms with Gasteiger partial charge in [0.05, 0.1) is 11.8 Å². The molecule has 1 saturated heterocycles. The molecule has 0 unspecified atom stereocenters. The van der Waals surface area contributed by atoms with Crippen molar-refractivity contribution in [2.75, 3.05) is 31.3 Å². The number of Topliss-reactive ketones (excluding diaryl/α,β-unsaturated/α-hetero) is 1. The van der Waals surface area contributed by atoms with Gasteiger partial charge in [0.15, 0.2) is 19.0 Å². The highest BCUT2D eigenvalue weighted by atomic mass is 16.5. The van der Waals surface area contributed by atoms with Gasteiger partial charge in [0, 0.05) is 18.7 Å². The van der Waals surface area contributed by atoms with Crippen LogP contribution < -0.4 is 19.7 Å². The van der Waals surface area contributed by atoms with Gasteiger partial charge in [0.2, 0.25) is 5.91 Å². The van der Waals surface area contributed by atoms with Crippen molar-refractivity contribution in [1.82, 2.24) is 5.32 Å². The predicted molar refractivity (Wildman–Crippen MR) is 127 cm³/mol. The molecule has 8 heteroatoms. The normalized spacial score (nSPS) is 18.1. The Kier molecular flexibility index (Phi) is 7.47. The molecule has 4 rings (SSSR count). The molecule has 2 aliphatic rings. The van der Waals surface area contributed by atoms with E-state index in [1.165, 1.54) is 4.90 Å². The Labute approximate surface area is 199 Å². The number of amides is 2. The van der Waals surface area contributed by atoms with Gasteiger partial charge in [-0.3, -0.25) is 19.3 Å². The number of carbonyl (C=O) groups excluding carboxylic acids is 3. The van der Waals surface area contributed by atoms with Crippen LogP contribution in [0.15, 0.2) is 42.5 Å². The number of rotatable bonds is 9. The van der Waals surface area contributed by atoms with E-state index < -0.39 is 6.04 Å². The summed E-state index contributed by atoms with van der Waals surface area (Å²) in [5, 5.41) is 2.87. The monoisotopic (exact) mass is 466 g/mol. The Bertz CT molecular complexity index is 1060. The standard InChI is InChI=1S/C26H30N2O6/c1-3-18-6-4-7-20(12-18)33-15-23(29)19-9-10-24-22(13-19)28(25(30)16-34-24)17(2)26(31)27-14-21-8-5-11-32-21/h4,6-7,9-10,12-13,17,21H,3,5,8,11,14-16H2,1-2H3,(H,27,31)/t17-,21+/m1/s1. The van der Waals surface area contributed by atoms with E-state index in [1.807, 2.05) is 24.3 Å². The summed E-state index contributed by atoms with van der Waals surface area (Å²) in [7, 11) is 0. The second-order valence-corrected chi connectivity index (χ2v) is 8.50. The molecule has 2 aromatic carbocycles. The third-order valence-electron chi connectivity index (χ3n) is 6.13. The minimum atomic E-state index is -0.769. The van der Waals surface area contributed by atoms with Crippen LogP contribution >= 0.6 is 0 Å². The zero-order valence-electron chi connectivity index (χ0n) is 19.5. The van der Waals surface area contributed by atoms with Crippen molar-refractivity contribution >= 4 is 23.3 Å². The highest BCUT2D eigenvalue weighted by Gasteiger charge is 2.34. The molecule has 2 aromatic rings. The number of aryl methyl sites for hydroxylation is 1. The lowest BCUT2D eigenvalue weighted by molar-refractivity contribution is -0.127. The molecule has 0 spiro atoms. The van der Waals surface area contributed by atoms with Gasteiger partial charge >= 0.3 is 0 Å². The molecule has 2 amide bonds. The largest absolute Gasteiger partial charge is 0.485 e. The maximum Gasteiger partial charge on any atom is 0.265 e. The van der Waals surface area contributed by atoms with Crippen molar-refractivity contribution < 1.29 is 28.6 Å². The third kappa shape index (κ3) is 5.39. The van der Waals surface area contributed by atoms with Gasteiger partial charge in [0.1, 0.15) is 17.5 Å². The van der Waals surface area contributed by atoms with E-state index in [-0.39, 0.29) is 36.9 Å². The van der Waals surface area contributed by atoms with Gasteiger partial charge in [-0.1, -0.05) is 19.1 Å². The molecular formula is C26H30N2O6. The summed E-state index contributed by atoms with van der Waals surface area (Å²) in [4.78, 5) is 39.7. The van der Waals surface area contributed by atoms with Crippen LogP contribution in [-0.4, -0.2) is 56.1 Å². The summed E-state index contributed by atoms with van der Waals surface area (Å²) in [6, 6.07) is 11.7. The molecule has 0 aliphatic carbocycles. The van der Waals surface area contributed by atoms with Crippen molar-refractivity contribution in [3.8, 4) is 11.5 Å². The lowest BCUT2D eigenvalue weighted by Crippen LogP contribution is -2.52. The topological polar surface area (TPSA) is 94.2 Å². The number of fused-ring (bicyclic) bond motifs is 1. The number of nitrogens with one attached hydrogen (secondary N) is 1. The molecule has 2 heterocycles. The summed E-state index contributed by atoms with van der Waals surface area (Å²) in [5.41, 5.74) is 1.90.